The lowest BCUT2D eigenvalue weighted by Crippen LogP contribution is -2.55. The van der Waals surface area contributed by atoms with Crippen LogP contribution in [0, 0.1) is 0 Å². The van der Waals surface area contributed by atoms with Gasteiger partial charge in [0.2, 0.25) is 11.8 Å². The predicted octanol–water partition coefficient (Wildman–Crippen LogP) is 2.56. The lowest BCUT2D eigenvalue weighted by atomic mass is 9.77. The molecule has 0 saturated heterocycles. The molecule has 4 N–H and O–H groups in total. The standard InChI is InChI=1S/C27H30Cl2N2O7/c1-3-22(34)31(12-15-4-5-16(28)10-19(15)29)20-11-18(27(36)30-6-7-32)23-17-8-14(13-33)9-21(37-2)25(17)38-26(23)24(20)35/h4-5,8-11,20,23-24,26,32-33,35H,3,6-7,12-13H2,1-2H3,(H,30,36). The van der Waals surface area contributed by atoms with Crippen LogP contribution in [0.3, 0.4) is 0 Å². The van der Waals surface area contributed by atoms with Gasteiger partial charge in [-0.05, 0) is 41.5 Å². The number of carbonyl (C=O) groups is 2. The molecule has 9 nitrogen and oxygen atoms in total. The van der Waals surface area contributed by atoms with E-state index in [1.165, 1.54) is 12.0 Å². The Morgan fingerprint density at radius 1 is 1.18 bits per heavy atom. The van der Waals surface area contributed by atoms with Crippen LogP contribution in [0.15, 0.2) is 42.0 Å². The number of ether oxygens (including phenoxy) is 2. The van der Waals surface area contributed by atoms with Crippen LogP contribution >= 0.6 is 23.2 Å². The third-order valence-corrected chi connectivity index (χ3v) is 7.42. The van der Waals surface area contributed by atoms with Crippen LogP contribution < -0.4 is 14.8 Å². The summed E-state index contributed by atoms with van der Waals surface area (Å²) >= 11 is 12.4. The fourth-order valence-corrected chi connectivity index (χ4v) is 5.48. The van der Waals surface area contributed by atoms with Crippen molar-refractivity contribution in [1.82, 2.24) is 10.2 Å². The van der Waals surface area contributed by atoms with E-state index in [9.17, 15) is 24.9 Å². The molecule has 4 atom stereocenters. The minimum Gasteiger partial charge on any atom is -0.493 e. The molecular weight excluding hydrogens is 535 g/mol. The van der Waals surface area contributed by atoms with Crippen molar-refractivity contribution in [1.29, 1.82) is 0 Å². The van der Waals surface area contributed by atoms with Gasteiger partial charge in [-0.1, -0.05) is 36.2 Å². The van der Waals surface area contributed by atoms with E-state index in [4.69, 9.17) is 32.7 Å². The van der Waals surface area contributed by atoms with Gasteiger partial charge in [0.15, 0.2) is 11.5 Å². The van der Waals surface area contributed by atoms with Crippen molar-refractivity contribution in [3.63, 3.8) is 0 Å². The molecule has 1 heterocycles. The van der Waals surface area contributed by atoms with Gasteiger partial charge in [0.05, 0.1) is 32.3 Å². The van der Waals surface area contributed by atoms with Crippen LogP contribution in [0.4, 0.5) is 0 Å². The Bertz CT molecular complexity index is 1250. The van der Waals surface area contributed by atoms with E-state index in [-0.39, 0.29) is 44.2 Å². The minimum absolute atomic E-state index is 0.0203. The number of benzene rings is 2. The Hall–Kier alpha value is -2.82. The quantitative estimate of drug-likeness (QED) is 0.368. The molecule has 2 aromatic rings. The Morgan fingerprint density at radius 2 is 1.95 bits per heavy atom. The van der Waals surface area contributed by atoms with E-state index in [0.717, 1.165) is 0 Å². The molecule has 0 saturated carbocycles. The highest BCUT2D eigenvalue weighted by molar-refractivity contribution is 6.35. The maximum atomic E-state index is 13.3. The molecule has 4 unspecified atom stereocenters. The summed E-state index contributed by atoms with van der Waals surface area (Å²) in [5.41, 5.74) is 2.02. The highest BCUT2D eigenvalue weighted by Crippen LogP contribution is 2.51. The molecule has 2 aromatic carbocycles. The van der Waals surface area contributed by atoms with E-state index in [0.29, 0.717) is 38.2 Å². The van der Waals surface area contributed by atoms with Crippen molar-refractivity contribution in [3.05, 3.63) is 68.7 Å². The van der Waals surface area contributed by atoms with Crippen molar-refractivity contribution in [2.45, 2.75) is 50.7 Å². The molecule has 0 fully saturated rings. The van der Waals surface area contributed by atoms with Crippen molar-refractivity contribution in [2.24, 2.45) is 0 Å². The first-order chi connectivity index (χ1) is 18.2. The number of hydrogen-bond donors (Lipinski definition) is 4. The van der Waals surface area contributed by atoms with Gasteiger partial charge in [0.25, 0.3) is 0 Å². The zero-order valence-corrected chi connectivity index (χ0v) is 22.5. The zero-order valence-electron chi connectivity index (χ0n) is 21.0. The van der Waals surface area contributed by atoms with Gasteiger partial charge in [-0.15, -0.1) is 0 Å². The molecule has 4 rings (SSSR count). The van der Waals surface area contributed by atoms with Gasteiger partial charge in [-0.3, -0.25) is 9.59 Å². The van der Waals surface area contributed by atoms with Gasteiger partial charge < -0.3 is 35.0 Å². The first-order valence-electron chi connectivity index (χ1n) is 12.2. The summed E-state index contributed by atoms with van der Waals surface area (Å²) in [7, 11) is 1.46. The van der Waals surface area contributed by atoms with Crippen LogP contribution in [-0.4, -0.2) is 70.5 Å². The number of aliphatic hydroxyl groups is 3. The second-order valence-electron chi connectivity index (χ2n) is 9.13. The SMILES string of the molecule is CCC(=O)N(Cc1ccc(Cl)cc1Cl)C1C=C(C(=O)NCCO)C2c3cc(CO)cc(OC)c3OC2C1O. The molecule has 2 aliphatic rings. The number of nitrogens with one attached hydrogen (secondary N) is 1. The fraction of sp³-hybridized carbons (Fsp3) is 0.407. The van der Waals surface area contributed by atoms with Crippen LogP contribution in [0.5, 0.6) is 11.5 Å². The zero-order chi connectivity index (χ0) is 27.6. The Balaban J connectivity index is 1.82. The van der Waals surface area contributed by atoms with Crippen LogP contribution in [-0.2, 0) is 22.7 Å². The third kappa shape index (κ3) is 5.34. The van der Waals surface area contributed by atoms with Crippen molar-refractivity contribution >= 4 is 35.0 Å². The predicted molar refractivity (Wildman–Crippen MR) is 141 cm³/mol. The largest absolute Gasteiger partial charge is 0.493 e. The summed E-state index contributed by atoms with van der Waals surface area (Å²) in [5.74, 6) is -0.721. The van der Waals surface area contributed by atoms with Crippen LogP contribution in [0.2, 0.25) is 10.0 Å². The number of amides is 2. The Kier molecular flexibility index (Phi) is 8.85. The summed E-state index contributed by atoms with van der Waals surface area (Å²) in [6.07, 6.45) is -0.417. The van der Waals surface area contributed by atoms with E-state index in [1.807, 2.05) is 0 Å². The van der Waals surface area contributed by atoms with Crippen molar-refractivity contribution < 1.29 is 34.4 Å². The van der Waals surface area contributed by atoms with Crippen molar-refractivity contribution in [3.8, 4) is 11.5 Å². The number of aliphatic hydroxyl groups excluding tert-OH is 3. The number of hydrogen-bond acceptors (Lipinski definition) is 7. The first-order valence-corrected chi connectivity index (χ1v) is 13.0. The lowest BCUT2D eigenvalue weighted by molar-refractivity contribution is -0.137. The molecular formula is C27H30Cl2N2O7. The summed E-state index contributed by atoms with van der Waals surface area (Å²) in [4.78, 5) is 28.0. The average molecular weight is 565 g/mol. The molecule has 11 heteroatoms. The highest BCUT2D eigenvalue weighted by atomic mass is 35.5. The third-order valence-electron chi connectivity index (χ3n) is 6.83. The number of halogens is 2. The molecule has 38 heavy (non-hydrogen) atoms. The molecule has 1 aliphatic carbocycles. The molecule has 0 spiro atoms. The van der Waals surface area contributed by atoms with Gasteiger partial charge in [0, 0.05) is 40.7 Å². The summed E-state index contributed by atoms with van der Waals surface area (Å²) in [6, 6.07) is 7.36. The van der Waals surface area contributed by atoms with Crippen molar-refractivity contribution in [2.75, 3.05) is 20.3 Å². The number of fused-ring (bicyclic) bond motifs is 3. The highest BCUT2D eigenvalue weighted by Gasteiger charge is 2.51. The van der Waals surface area contributed by atoms with Gasteiger partial charge in [0.1, 0.15) is 12.2 Å². The second kappa shape index (κ2) is 11.9. The summed E-state index contributed by atoms with van der Waals surface area (Å²) in [5, 5.41) is 34.1. The monoisotopic (exact) mass is 564 g/mol. The normalized spacial score (nSPS) is 21.6. The van der Waals surface area contributed by atoms with E-state index in [2.05, 4.69) is 5.32 Å². The first kappa shape index (κ1) is 28.2. The van der Waals surface area contributed by atoms with Gasteiger partial charge >= 0.3 is 0 Å². The molecule has 0 aromatic heterocycles. The Labute approximate surface area is 230 Å². The summed E-state index contributed by atoms with van der Waals surface area (Å²) in [6.45, 7) is 1.27. The topological polar surface area (TPSA) is 129 Å². The summed E-state index contributed by atoms with van der Waals surface area (Å²) < 4.78 is 11.7. The number of methoxy groups -OCH3 is 1. The van der Waals surface area contributed by atoms with E-state index < -0.39 is 30.1 Å². The molecule has 1 aliphatic heterocycles. The van der Waals surface area contributed by atoms with Crippen LogP contribution in [0.1, 0.15) is 36.0 Å². The Morgan fingerprint density at radius 3 is 2.58 bits per heavy atom. The maximum Gasteiger partial charge on any atom is 0.247 e. The second-order valence-corrected chi connectivity index (χ2v) is 9.97. The number of carbonyl (C=O) groups excluding carboxylic acids is 2. The van der Waals surface area contributed by atoms with Gasteiger partial charge in [-0.25, -0.2) is 0 Å². The smallest absolute Gasteiger partial charge is 0.247 e. The molecule has 0 radical (unpaired) electrons. The lowest BCUT2D eigenvalue weighted by Gasteiger charge is -2.40. The van der Waals surface area contributed by atoms with E-state index >= 15 is 0 Å². The molecule has 2 amide bonds. The fourth-order valence-electron chi connectivity index (χ4n) is 5.02. The van der Waals surface area contributed by atoms with Gasteiger partial charge in [-0.2, -0.15) is 0 Å². The average Bonchev–Trinajstić information content (AvgIpc) is 3.31. The van der Waals surface area contributed by atoms with E-state index in [1.54, 1.807) is 43.3 Å². The number of nitrogens with zero attached hydrogens (tertiary/aromatic N) is 1. The minimum atomic E-state index is -1.22. The maximum absolute atomic E-state index is 13.3. The molecule has 204 valence electrons. The molecule has 0 bridgehead atoms. The number of rotatable bonds is 9. The van der Waals surface area contributed by atoms with Crippen LogP contribution in [0.25, 0.3) is 0 Å².